The van der Waals surface area contributed by atoms with E-state index in [1.807, 2.05) is 6.92 Å². The van der Waals surface area contributed by atoms with Gasteiger partial charge in [-0.3, -0.25) is 10.1 Å². The number of aryl methyl sites for hydroxylation is 2. The molecule has 0 amide bonds. The van der Waals surface area contributed by atoms with Crippen LogP contribution < -0.4 is 5.32 Å². The molecule has 20 heavy (non-hydrogen) atoms. The van der Waals surface area contributed by atoms with Gasteiger partial charge in [-0.05, 0) is 6.42 Å². The monoisotopic (exact) mass is 284 g/mol. The second-order valence-corrected chi connectivity index (χ2v) is 4.92. The van der Waals surface area contributed by atoms with Crippen LogP contribution in [-0.4, -0.2) is 47.2 Å². The summed E-state index contributed by atoms with van der Waals surface area (Å²) in [6.07, 6.45) is 1.28. The van der Waals surface area contributed by atoms with E-state index >= 15 is 0 Å². The van der Waals surface area contributed by atoms with Gasteiger partial charge in [0.2, 0.25) is 5.82 Å². The molecule has 0 bridgehead atoms. The van der Waals surface area contributed by atoms with Gasteiger partial charge in [0.25, 0.3) is 0 Å². The first kappa shape index (κ1) is 14.7. The third kappa shape index (κ3) is 2.61. The standard InChI is InChI=1S/C12H20N4O4/c1-4-9-10(16(17)18)11(15(2)14-9)13-7-12(19-3)5-6-20-8-12/h13H,4-8H2,1-3H3. The van der Waals surface area contributed by atoms with Gasteiger partial charge in [0.15, 0.2) is 0 Å². The zero-order valence-electron chi connectivity index (χ0n) is 12.0. The number of nitro groups is 1. The number of nitrogens with zero attached hydrogens (tertiary/aromatic N) is 3. The Balaban J connectivity index is 2.20. The Bertz CT molecular complexity index is 494. The van der Waals surface area contributed by atoms with E-state index in [1.54, 1.807) is 14.2 Å². The number of aromatic nitrogens is 2. The SMILES string of the molecule is CCc1nn(C)c(NCC2(OC)CCOC2)c1[N+](=O)[O-]. The first-order valence-electron chi connectivity index (χ1n) is 6.60. The fourth-order valence-electron chi connectivity index (χ4n) is 2.40. The molecule has 1 atom stereocenters. The fraction of sp³-hybridized carbons (Fsp3) is 0.750. The van der Waals surface area contributed by atoms with Gasteiger partial charge in [-0.1, -0.05) is 6.92 Å². The molecule has 1 aromatic heterocycles. The molecule has 0 aliphatic carbocycles. The highest BCUT2D eigenvalue weighted by Crippen LogP contribution is 2.30. The summed E-state index contributed by atoms with van der Waals surface area (Å²) in [6.45, 7) is 3.43. The fourth-order valence-corrected chi connectivity index (χ4v) is 2.40. The Hall–Kier alpha value is -1.67. The molecule has 1 aromatic rings. The number of hydrogen-bond donors (Lipinski definition) is 1. The molecule has 1 saturated heterocycles. The Morgan fingerprint density at radius 3 is 2.90 bits per heavy atom. The Kier molecular flexibility index (Phi) is 4.24. The molecule has 2 rings (SSSR count). The quantitative estimate of drug-likeness (QED) is 0.621. The first-order chi connectivity index (χ1) is 9.53. The van der Waals surface area contributed by atoms with Gasteiger partial charge in [0.05, 0.1) is 11.5 Å². The minimum absolute atomic E-state index is 0.0418. The highest BCUT2D eigenvalue weighted by atomic mass is 16.6. The number of methoxy groups -OCH3 is 1. The van der Waals surface area contributed by atoms with E-state index in [0.717, 1.165) is 6.42 Å². The second kappa shape index (κ2) is 5.76. The van der Waals surface area contributed by atoms with Crippen LogP contribution in [0.2, 0.25) is 0 Å². The predicted molar refractivity (Wildman–Crippen MR) is 72.9 cm³/mol. The van der Waals surface area contributed by atoms with Crippen LogP contribution >= 0.6 is 0 Å². The number of nitrogens with one attached hydrogen (secondary N) is 1. The van der Waals surface area contributed by atoms with Crippen LogP contribution in [0.25, 0.3) is 0 Å². The Morgan fingerprint density at radius 2 is 2.40 bits per heavy atom. The molecule has 1 N–H and O–H groups in total. The van der Waals surface area contributed by atoms with E-state index in [1.165, 1.54) is 4.68 Å². The van der Waals surface area contributed by atoms with E-state index in [0.29, 0.717) is 37.7 Å². The molecule has 1 aliphatic rings. The molecule has 0 spiro atoms. The van der Waals surface area contributed by atoms with Gasteiger partial charge in [-0.2, -0.15) is 5.10 Å². The van der Waals surface area contributed by atoms with Crippen molar-refractivity contribution in [2.24, 2.45) is 7.05 Å². The summed E-state index contributed by atoms with van der Waals surface area (Å²) in [5, 5.41) is 18.5. The molecular weight excluding hydrogens is 264 g/mol. The average Bonchev–Trinajstić information content (AvgIpc) is 3.01. The molecule has 2 heterocycles. The van der Waals surface area contributed by atoms with Crippen LogP contribution in [0.3, 0.4) is 0 Å². The molecule has 1 fully saturated rings. The highest BCUT2D eigenvalue weighted by Gasteiger charge is 2.36. The molecule has 0 saturated carbocycles. The van der Waals surface area contributed by atoms with Gasteiger partial charge >= 0.3 is 5.69 Å². The number of hydrogen-bond acceptors (Lipinski definition) is 6. The molecule has 8 nitrogen and oxygen atoms in total. The van der Waals surface area contributed by atoms with Gasteiger partial charge in [0, 0.05) is 33.7 Å². The third-order valence-corrected chi connectivity index (χ3v) is 3.69. The zero-order chi connectivity index (χ0) is 14.8. The van der Waals surface area contributed by atoms with Gasteiger partial charge in [-0.15, -0.1) is 0 Å². The average molecular weight is 284 g/mol. The van der Waals surface area contributed by atoms with E-state index in [4.69, 9.17) is 9.47 Å². The largest absolute Gasteiger partial charge is 0.378 e. The topological polar surface area (TPSA) is 91.5 Å². The molecule has 112 valence electrons. The first-order valence-corrected chi connectivity index (χ1v) is 6.60. The van der Waals surface area contributed by atoms with Crippen molar-refractivity contribution in [3.63, 3.8) is 0 Å². The zero-order valence-corrected chi connectivity index (χ0v) is 12.0. The summed E-state index contributed by atoms with van der Waals surface area (Å²) in [4.78, 5) is 10.8. The number of anilines is 1. The molecular formula is C12H20N4O4. The predicted octanol–water partition coefficient (Wildman–Crippen LogP) is 1.11. The van der Waals surface area contributed by atoms with Crippen molar-refractivity contribution in [2.75, 3.05) is 32.2 Å². The smallest absolute Gasteiger partial charge is 0.333 e. The number of rotatable bonds is 6. The maximum Gasteiger partial charge on any atom is 0.333 e. The van der Waals surface area contributed by atoms with Crippen LogP contribution in [0.1, 0.15) is 19.0 Å². The van der Waals surface area contributed by atoms with Crippen LogP contribution in [-0.2, 0) is 22.9 Å². The normalized spacial score (nSPS) is 22.1. The van der Waals surface area contributed by atoms with E-state index < -0.39 is 10.5 Å². The molecule has 1 unspecified atom stereocenters. The number of ether oxygens (including phenoxy) is 2. The van der Waals surface area contributed by atoms with Crippen molar-refractivity contribution in [1.82, 2.24) is 9.78 Å². The highest BCUT2D eigenvalue weighted by molar-refractivity contribution is 5.60. The van der Waals surface area contributed by atoms with Crippen molar-refractivity contribution in [2.45, 2.75) is 25.4 Å². The Labute approximate surface area is 117 Å². The van der Waals surface area contributed by atoms with E-state index in [-0.39, 0.29) is 5.69 Å². The van der Waals surface area contributed by atoms with Gasteiger partial charge < -0.3 is 14.8 Å². The second-order valence-electron chi connectivity index (χ2n) is 4.92. The Morgan fingerprint density at radius 1 is 1.65 bits per heavy atom. The van der Waals surface area contributed by atoms with Crippen LogP contribution in [0.15, 0.2) is 0 Å². The van der Waals surface area contributed by atoms with Crippen LogP contribution in [0, 0.1) is 10.1 Å². The third-order valence-electron chi connectivity index (χ3n) is 3.69. The summed E-state index contributed by atoms with van der Waals surface area (Å²) in [7, 11) is 3.32. The molecule has 1 aliphatic heterocycles. The summed E-state index contributed by atoms with van der Waals surface area (Å²) in [5.41, 5.74) is 0.0964. The molecule has 0 radical (unpaired) electrons. The summed E-state index contributed by atoms with van der Waals surface area (Å²) < 4.78 is 12.4. The van der Waals surface area contributed by atoms with Crippen molar-refractivity contribution < 1.29 is 14.4 Å². The molecule has 0 aromatic carbocycles. The summed E-state index contributed by atoms with van der Waals surface area (Å²) in [5.74, 6) is 0.412. The lowest BCUT2D eigenvalue weighted by Gasteiger charge is -2.26. The van der Waals surface area contributed by atoms with Gasteiger partial charge in [0.1, 0.15) is 11.3 Å². The van der Waals surface area contributed by atoms with Crippen LogP contribution in [0.4, 0.5) is 11.5 Å². The lowest BCUT2D eigenvalue weighted by molar-refractivity contribution is -0.384. The van der Waals surface area contributed by atoms with Crippen LogP contribution in [0.5, 0.6) is 0 Å². The van der Waals surface area contributed by atoms with E-state index in [9.17, 15) is 10.1 Å². The lowest BCUT2D eigenvalue weighted by atomic mass is 10.0. The lowest BCUT2D eigenvalue weighted by Crippen LogP contribution is -2.40. The van der Waals surface area contributed by atoms with Crippen molar-refractivity contribution in [1.29, 1.82) is 0 Å². The molecule has 8 heteroatoms. The summed E-state index contributed by atoms with van der Waals surface area (Å²) >= 11 is 0. The minimum Gasteiger partial charge on any atom is -0.378 e. The maximum atomic E-state index is 11.2. The van der Waals surface area contributed by atoms with Gasteiger partial charge in [-0.25, -0.2) is 4.68 Å². The van der Waals surface area contributed by atoms with Crippen molar-refractivity contribution in [3.8, 4) is 0 Å². The minimum atomic E-state index is -0.426. The summed E-state index contributed by atoms with van der Waals surface area (Å²) in [6, 6.07) is 0. The van der Waals surface area contributed by atoms with E-state index in [2.05, 4.69) is 10.4 Å². The van der Waals surface area contributed by atoms with Crippen molar-refractivity contribution in [3.05, 3.63) is 15.8 Å². The maximum absolute atomic E-state index is 11.2. The van der Waals surface area contributed by atoms with Crippen molar-refractivity contribution >= 4 is 11.5 Å².